The van der Waals surface area contributed by atoms with Gasteiger partial charge in [0, 0.05) is 42.5 Å². The van der Waals surface area contributed by atoms with Crippen molar-refractivity contribution < 1.29 is 5.11 Å². The predicted molar refractivity (Wildman–Crippen MR) is 121 cm³/mol. The molecule has 7 heteroatoms. The largest absolute Gasteiger partial charge is 0.506 e. The molecule has 0 saturated carbocycles. The maximum atomic E-state index is 10.0. The molecule has 2 aromatic rings. The van der Waals surface area contributed by atoms with Crippen LogP contribution in [0.15, 0.2) is 41.4 Å². The van der Waals surface area contributed by atoms with Gasteiger partial charge in [-0.1, -0.05) is 12.1 Å². The molecule has 2 N–H and O–H groups in total. The Labute approximate surface area is 176 Å². The minimum absolute atomic E-state index is 0. The first-order chi connectivity index (χ1) is 12.2. The van der Waals surface area contributed by atoms with Gasteiger partial charge >= 0.3 is 0 Å². The monoisotopic (exact) mass is 486 g/mol. The van der Waals surface area contributed by atoms with Crippen LogP contribution in [-0.2, 0) is 6.54 Å². The van der Waals surface area contributed by atoms with Gasteiger partial charge < -0.3 is 20.2 Å². The molecule has 26 heavy (non-hydrogen) atoms. The summed E-state index contributed by atoms with van der Waals surface area (Å²) >= 11 is 1.80. The van der Waals surface area contributed by atoms with Crippen molar-refractivity contribution in [2.45, 2.75) is 20.4 Å². The molecule has 1 fully saturated rings. The smallest absolute Gasteiger partial charge is 0.194 e. The number of nitrogens with zero attached hydrogens (tertiary/aromatic N) is 3. The van der Waals surface area contributed by atoms with E-state index in [-0.39, 0.29) is 24.0 Å². The third-order valence-electron chi connectivity index (χ3n) is 4.32. The molecule has 0 radical (unpaired) electrons. The molecule has 0 spiro atoms. The average Bonchev–Trinajstić information content (AvgIpc) is 3.05. The van der Waals surface area contributed by atoms with Crippen molar-refractivity contribution in [2.24, 2.45) is 4.99 Å². The lowest BCUT2D eigenvalue weighted by Crippen LogP contribution is -2.52. The number of phenolic OH excluding ortho intramolecular Hbond substituents is 1. The number of nitrogens with one attached hydrogen (secondary N) is 1. The summed E-state index contributed by atoms with van der Waals surface area (Å²) < 4.78 is 0. The summed E-state index contributed by atoms with van der Waals surface area (Å²) in [6.45, 7) is 9.35. The Morgan fingerprint density at radius 2 is 1.88 bits per heavy atom. The molecular formula is C19H27IN4OS. The Morgan fingerprint density at radius 3 is 2.50 bits per heavy atom. The molecule has 0 unspecified atom stereocenters. The topological polar surface area (TPSA) is 51.1 Å². The second kappa shape index (κ2) is 10.0. The zero-order valence-electron chi connectivity index (χ0n) is 15.3. The first kappa shape index (κ1) is 20.8. The molecule has 1 aliphatic rings. The minimum atomic E-state index is 0. The fourth-order valence-corrected chi connectivity index (χ4v) is 3.85. The molecule has 3 rings (SSSR count). The number of aromatic hydroxyl groups is 1. The number of benzene rings is 1. The number of hydrogen-bond donors (Lipinski definition) is 2. The summed E-state index contributed by atoms with van der Waals surface area (Å²) in [5.74, 6) is 1.33. The number of piperazine rings is 1. The lowest BCUT2D eigenvalue weighted by Gasteiger charge is -2.37. The van der Waals surface area contributed by atoms with Crippen LogP contribution in [0.4, 0.5) is 5.69 Å². The van der Waals surface area contributed by atoms with Gasteiger partial charge in [0.05, 0.1) is 12.2 Å². The van der Waals surface area contributed by atoms with E-state index in [1.165, 1.54) is 9.75 Å². The SMILES string of the molecule is CCNC(=NCc1ccc(C)s1)N1CCN(c2ccccc2O)CC1.I. The van der Waals surface area contributed by atoms with Gasteiger partial charge in [0.25, 0.3) is 0 Å². The maximum absolute atomic E-state index is 10.0. The van der Waals surface area contributed by atoms with Crippen molar-refractivity contribution in [3.8, 4) is 5.75 Å². The summed E-state index contributed by atoms with van der Waals surface area (Å²) in [6.07, 6.45) is 0. The first-order valence-electron chi connectivity index (χ1n) is 8.79. The summed E-state index contributed by atoms with van der Waals surface area (Å²) in [5.41, 5.74) is 0.915. The van der Waals surface area contributed by atoms with Gasteiger partial charge in [0.15, 0.2) is 5.96 Å². The van der Waals surface area contributed by atoms with Crippen LogP contribution in [0.3, 0.4) is 0 Å². The second-order valence-electron chi connectivity index (χ2n) is 6.15. The lowest BCUT2D eigenvalue weighted by atomic mass is 10.2. The molecule has 1 aromatic carbocycles. The molecule has 1 aliphatic heterocycles. The normalized spacial score (nSPS) is 14.9. The van der Waals surface area contributed by atoms with Gasteiger partial charge in [-0.25, -0.2) is 4.99 Å². The predicted octanol–water partition coefficient (Wildman–Crippen LogP) is 3.67. The van der Waals surface area contributed by atoms with E-state index in [1.54, 1.807) is 17.4 Å². The Morgan fingerprint density at radius 1 is 1.15 bits per heavy atom. The van der Waals surface area contributed by atoms with Crippen molar-refractivity contribution in [1.29, 1.82) is 0 Å². The van der Waals surface area contributed by atoms with Crippen molar-refractivity contribution in [2.75, 3.05) is 37.6 Å². The zero-order valence-corrected chi connectivity index (χ0v) is 18.5. The van der Waals surface area contributed by atoms with Gasteiger partial charge in [0.1, 0.15) is 5.75 Å². The lowest BCUT2D eigenvalue weighted by molar-refractivity contribution is 0.370. The van der Waals surface area contributed by atoms with Gasteiger partial charge in [-0.05, 0) is 38.1 Å². The van der Waals surface area contributed by atoms with E-state index in [0.29, 0.717) is 5.75 Å². The molecule has 0 amide bonds. The number of hydrogen-bond acceptors (Lipinski definition) is 4. The maximum Gasteiger partial charge on any atom is 0.194 e. The van der Waals surface area contributed by atoms with Gasteiger partial charge in [-0.3, -0.25) is 0 Å². The number of rotatable bonds is 4. The molecule has 1 saturated heterocycles. The van der Waals surface area contributed by atoms with Crippen molar-refractivity contribution in [3.05, 3.63) is 46.2 Å². The Balaban J connectivity index is 0.00000243. The number of aryl methyl sites for hydroxylation is 1. The van der Waals surface area contributed by atoms with Crippen LogP contribution in [0.5, 0.6) is 5.75 Å². The molecule has 5 nitrogen and oxygen atoms in total. The van der Waals surface area contributed by atoms with Crippen LogP contribution in [0, 0.1) is 6.92 Å². The van der Waals surface area contributed by atoms with Gasteiger partial charge in [-0.15, -0.1) is 35.3 Å². The average molecular weight is 486 g/mol. The van der Waals surface area contributed by atoms with E-state index in [2.05, 4.69) is 41.1 Å². The molecule has 0 aliphatic carbocycles. The van der Waals surface area contributed by atoms with E-state index in [0.717, 1.165) is 50.9 Å². The van der Waals surface area contributed by atoms with Crippen LogP contribution in [0.2, 0.25) is 0 Å². The van der Waals surface area contributed by atoms with E-state index in [4.69, 9.17) is 4.99 Å². The first-order valence-corrected chi connectivity index (χ1v) is 9.60. The summed E-state index contributed by atoms with van der Waals surface area (Å²) in [4.78, 5) is 12.0. The van der Waals surface area contributed by atoms with Crippen molar-refractivity contribution in [1.82, 2.24) is 10.2 Å². The molecule has 0 bridgehead atoms. The molecule has 2 heterocycles. The van der Waals surface area contributed by atoms with E-state index in [9.17, 15) is 5.11 Å². The summed E-state index contributed by atoms with van der Waals surface area (Å²) in [5, 5.41) is 13.5. The summed E-state index contributed by atoms with van der Waals surface area (Å²) in [7, 11) is 0. The standard InChI is InChI=1S/C19H26N4OS.HI/c1-3-20-19(21-14-16-9-8-15(2)25-16)23-12-10-22(11-13-23)17-6-4-5-7-18(17)24;/h4-9,24H,3,10-14H2,1-2H3,(H,20,21);1H. The van der Waals surface area contributed by atoms with Crippen LogP contribution in [0.1, 0.15) is 16.7 Å². The fourth-order valence-electron chi connectivity index (χ4n) is 3.04. The number of guanidine groups is 1. The Bertz CT molecular complexity index is 726. The van der Waals surface area contributed by atoms with Crippen LogP contribution >= 0.6 is 35.3 Å². The van der Waals surface area contributed by atoms with Crippen molar-refractivity contribution in [3.63, 3.8) is 0 Å². The molecule has 1 aromatic heterocycles. The van der Waals surface area contributed by atoms with Gasteiger partial charge in [0.2, 0.25) is 0 Å². The highest BCUT2D eigenvalue weighted by atomic mass is 127. The highest BCUT2D eigenvalue weighted by molar-refractivity contribution is 14.0. The number of anilines is 1. The number of halogens is 1. The highest BCUT2D eigenvalue weighted by Crippen LogP contribution is 2.27. The molecule has 0 atom stereocenters. The highest BCUT2D eigenvalue weighted by Gasteiger charge is 2.21. The quantitative estimate of drug-likeness (QED) is 0.394. The van der Waals surface area contributed by atoms with Crippen molar-refractivity contribution >= 4 is 47.0 Å². The Hall–Kier alpha value is -1.48. The molecular weight excluding hydrogens is 459 g/mol. The number of aliphatic imine (C=N–C) groups is 1. The fraction of sp³-hybridized carbons (Fsp3) is 0.421. The Kier molecular flexibility index (Phi) is 8.02. The minimum Gasteiger partial charge on any atom is -0.506 e. The van der Waals surface area contributed by atoms with Crippen LogP contribution in [0.25, 0.3) is 0 Å². The van der Waals surface area contributed by atoms with Crippen LogP contribution < -0.4 is 10.2 Å². The molecule has 142 valence electrons. The third-order valence-corrected chi connectivity index (χ3v) is 5.30. The van der Waals surface area contributed by atoms with E-state index < -0.39 is 0 Å². The summed E-state index contributed by atoms with van der Waals surface area (Å²) in [6, 6.07) is 11.9. The number of phenols is 1. The van der Waals surface area contributed by atoms with Gasteiger partial charge in [-0.2, -0.15) is 0 Å². The van der Waals surface area contributed by atoms with Crippen LogP contribution in [-0.4, -0.2) is 48.7 Å². The third kappa shape index (κ3) is 5.26. The second-order valence-corrected chi connectivity index (χ2v) is 7.52. The number of para-hydroxylation sites is 2. The number of thiophene rings is 1. The zero-order chi connectivity index (χ0) is 17.6. The van der Waals surface area contributed by atoms with E-state index in [1.807, 2.05) is 18.2 Å². The van der Waals surface area contributed by atoms with E-state index >= 15 is 0 Å².